The SMILES string of the molecule is CC(=O)Nc1ccc(S(=O)(=O)Nc2cc(Cl)c(Cl)cc2NS(=O)(=O)c2cccs2)cc1Cl. The standard InChI is InChI=1S/C18H14Cl3N3O5S3/c1-10(25)22-15-5-4-11(7-14(15)21)31(26,27)23-16-8-12(19)13(20)9-17(16)24-32(28,29)18-3-2-6-30-18/h2-9,23-24H,1H3,(H,22,25). The van der Waals surface area contributed by atoms with Gasteiger partial charge in [-0.1, -0.05) is 40.9 Å². The van der Waals surface area contributed by atoms with Crippen molar-refractivity contribution in [2.45, 2.75) is 16.0 Å². The molecule has 0 aliphatic heterocycles. The highest BCUT2D eigenvalue weighted by Crippen LogP contribution is 2.36. The summed E-state index contributed by atoms with van der Waals surface area (Å²) < 4.78 is 55.7. The third-order valence-corrected chi connectivity index (χ3v) is 9.03. The number of carbonyl (C=O) groups is 1. The number of sulfonamides is 2. The Hall–Kier alpha value is -2.02. The quantitative estimate of drug-likeness (QED) is 0.367. The van der Waals surface area contributed by atoms with Crippen LogP contribution in [0.3, 0.4) is 0 Å². The van der Waals surface area contributed by atoms with Crippen molar-refractivity contribution in [3.63, 3.8) is 0 Å². The summed E-state index contributed by atoms with van der Waals surface area (Å²) in [5, 5.41) is 4.07. The van der Waals surface area contributed by atoms with Gasteiger partial charge in [0.05, 0.1) is 37.0 Å². The number of rotatable bonds is 7. The maximum absolute atomic E-state index is 12.9. The lowest BCUT2D eigenvalue weighted by Crippen LogP contribution is -2.17. The fourth-order valence-electron chi connectivity index (χ4n) is 2.48. The van der Waals surface area contributed by atoms with Crippen LogP contribution in [-0.2, 0) is 24.8 Å². The number of halogens is 3. The van der Waals surface area contributed by atoms with E-state index < -0.39 is 20.0 Å². The summed E-state index contributed by atoms with van der Waals surface area (Å²) >= 11 is 19.1. The zero-order chi connectivity index (χ0) is 23.7. The van der Waals surface area contributed by atoms with Crippen LogP contribution in [0, 0.1) is 0 Å². The molecule has 0 aliphatic rings. The highest BCUT2D eigenvalue weighted by Gasteiger charge is 2.22. The number of hydrogen-bond acceptors (Lipinski definition) is 6. The first-order valence-electron chi connectivity index (χ1n) is 8.54. The fourth-order valence-corrected chi connectivity index (χ4v) is 6.26. The van der Waals surface area contributed by atoms with E-state index in [4.69, 9.17) is 34.8 Å². The zero-order valence-electron chi connectivity index (χ0n) is 16.0. The Morgan fingerprint density at radius 3 is 1.91 bits per heavy atom. The second-order valence-corrected chi connectivity index (χ2v) is 12.0. The van der Waals surface area contributed by atoms with Gasteiger partial charge in [0.15, 0.2) is 0 Å². The molecule has 1 heterocycles. The van der Waals surface area contributed by atoms with Gasteiger partial charge in [-0.25, -0.2) is 16.8 Å². The molecule has 3 aromatic rings. The molecule has 0 radical (unpaired) electrons. The minimum Gasteiger partial charge on any atom is -0.325 e. The summed E-state index contributed by atoms with van der Waals surface area (Å²) in [5.41, 5.74) is -0.0454. The van der Waals surface area contributed by atoms with Crippen LogP contribution in [0.5, 0.6) is 0 Å². The molecule has 0 spiro atoms. The molecule has 8 nitrogen and oxygen atoms in total. The van der Waals surface area contributed by atoms with E-state index in [0.29, 0.717) is 0 Å². The number of benzene rings is 2. The third-order valence-electron chi connectivity index (χ3n) is 3.87. The van der Waals surface area contributed by atoms with Crippen molar-refractivity contribution in [2.75, 3.05) is 14.8 Å². The van der Waals surface area contributed by atoms with E-state index in [9.17, 15) is 21.6 Å². The van der Waals surface area contributed by atoms with Crippen LogP contribution in [0.4, 0.5) is 17.1 Å². The largest absolute Gasteiger partial charge is 0.325 e. The molecule has 0 bridgehead atoms. The minimum absolute atomic E-state index is 0.00229. The van der Waals surface area contributed by atoms with E-state index in [1.54, 1.807) is 11.4 Å². The number of nitrogens with one attached hydrogen (secondary N) is 3. The Kier molecular flexibility index (Phi) is 7.28. The fraction of sp³-hybridized carbons (Fsp3) is 0.0556. The van der Waals surface area contributed by atoms with E-state index in [1.165, 1.54) is 37.3 Å². The maximum atomic E-state index is 12.9. The highest BCUT2D eigenvalue weighted by molar-refractivity contribution is 7.94. The smallest absolute Gasteiger partial charge is 0.271 e. The Balaban J connectivity index is 1.98. The molecule has 14 heteroatoms. The van der Waals surface area contributed by atoms with Gasteiger partial charge in [-0.15, -0.1) is 11.3 Å². The first-order chi connectivity index (χ1) is 14.9. The van der Waals surface area contributed by atoms with E-state index in [2.05, 4.69) is 14.8 Å². The van der Waals surface area contributed by atoms with Crippen LogP contribution < -0.4 is 14.8 Å². The van der Waals surface area contributed by atoms with Crippen molar-refractivity contribution >= 4 is 89.2 Å². The molecule has 3 N–H and O–H groups in total. The monoisotopic (exact) mass is 553 g/mol. The molecule has 2 aromatic carbocycles. The Bertz CT molecular complexity index is 1390. The summed E-state index contributed by atoms with van der Waals surface area (Å²) in [4.78, 5) is 11.0. The van der Waals surface area contributed by atoms with Gasteiger partial charge in [0, 0.05) is 6.92 Å². The molecule has 1 aromatic heterocycles. The first-order valence-corrected chi connectivity index (χ1v) is 13.5. The van der Waals surface area contributed by atoms with E-state index in [-0.39, 0.29) is 47.1 Å². The Labute approximate surface area is 203 Å². The molecule has 0 unspecified atom stereocenters. The second-order valence-electron chi connectivity index (χ2n) is 6.28. The van der Waals surface area contributed by atoms with Gasteiger partial charge in [0.1, 0.15) is 4.21 Å². The number of carbonyl (C=O) groups excluding carboxylic acids is 1. The van der Waals surface area contributed by atoms with Crippen molar-refractivity contribution in [3.05, 3.63) is 62.9 Å². The molecule has 0 fully saturated rings. The molecule has 0 aliphatic carbocycles. The average molecular weight is 555 g/mol. The highest BCUT2D eigenvalue weighted by atomic mass is 35.5. The van der Waals surface area contributed by atoms with Crippen molar-refractivity contribution < 1.29 is 21.6 Å². The predicted octanol–water partition coefficient (Wildman–Crippen LogP) is 5.27. The molecule has 3 rings (SSSR count). The van der Waals surface area contributed by atoms with Crippen LogP contribution in [0.1, 0.15) is 6.92 Å². The van der Waals surface area contributed by atoms with E-state index in [0.717, 1.165) is 17.4 Å². The zero-order valence-corrected chi connectivity index (χ0v) is 20.7. The van der Waals surface area contributed by atoms with Crippen LogP contribution in [-0.4, -0.2) is 22.7 Å². The lowest BCUT2D eigenvalue weighted by molar-refractivity contribution is -0.114. The summed E-state index contributed by atoms with van der Waals surface area (Å²) in [7, 11) is -8.22. The van der Waals surface area contributed by atoms with Gasteiger partial charge in [-0.05, 0) is 41.8 Å². The minimum atomic E-state index is -4.22. The van der Waals surface area contributed by atoms with Crippen molar-refractivity contribution in [1.82, 2.24) is 0 Å². The van der Waals surface area contributed by atoms with Gasteiger partial charge in [0.2, 0.25) is 5.91 Å². The third kappa shape index (κ3) is 5.66. The van der Waals surface area contributed by atoms with Gasteiger partial charge in [-0.3, -0.25) is 14.2 Å². The van der Waals surface area contributed by atoms with Crippen molar-refractivity contribution in [1.29, 1.82) is 0 Å². The summed E-state index contributed by atoms with van der Waals surface area (Å²) in [6, 6.07) is 9.03. The van der Waals surface area contributed by atoms with Crippen LogP contribution in [0.25, 0.3) is 0 Å². The Morgan fingerprint density at radius 1 is 0.812 bits per heavy atom. The van der Waals surface area contributed by atoms with E-state index >= 15 is 0 Å². The molecule has 1 amide bonds. The van der Waals surface area contributed by atoms with Gasteiger partial charge >= 0.3 is 0 Å². The Morgan fingerprint density at radius 2 is 1.41 bits per heavy atom. The normalized spacial score (nSPS) is 11.8. The predicted molar refractivity (Wildman–Crippen MR) is 128 cm³/mol. The molecule has 0 atom stereocenters. The maximum Gasteiger partial charge on any atom is 0.271 e. The number of hydrogen-bond donors (Lipinski definition) is 3. The average Bonchev–Trinajstić information content (AvgIpc) is 3.22. The number of thiophene rings is 1. The number of amides is 1. The van der Waals surface area contributed by atoms with Crippen molar-refractivity contribution in [3.8, 4) is 0 Å². The lowest BCUT2D eigenvalue weighted by Gasteiger charge is -2.16. The summed E-state index contributed by atoms with van der Waals surface area (Å²) in [5.74, 6) is -0.376. The molecule has 0 saturated carbocycles. The van der Waals surface area contributed by atoms with E-state index in [1.807, 2.05) is 0 Å². The van der Waals surface area contributed by atoms with Crippen molar-refractivity contribution in [2.24, 2.45) is 0 Å². The first kappa shape index (κ1) is 24.6. The van der Waals surface area contributed by atoms with Crippen LogP contribution >= 0.6 is 46.1 Å². The van der Waals surface area contributed by atoms with Crippen LogP contribution in [0.2, 0.25) is 15.1 Å². The topological polar surface area (TPSA) is 121 Å². The summed E-state index contributed by atoms with van der Waals surface area (Å²) in [6.07, 6.45) is 0. The number of anilines is 3. The molecule has 0 saturated heterocycles. The second kappa shape index (κ2) is 9.46. The molecule has 170 valence electrons. The van der Waals surface area contributed by atoms with Gasteiger partial charge < -0.3 is 5.32 Å². The van der Waals surface area contributed by atoms with Gasteiger partial charge in [-0.2, -0.15) is 0 Å². The molecular weight excluding hydrogens is 541 g/mol. The van der Waals surface area contributed by atoms with Gasteiger partial charge in [0.25, 0.3) is 20.0 Å². The molecule has 32 heavy (non-hydrogen) atoms. The van der Waals surface area contributed by atoms with Crippen LogP contribution in [0.15, 0.2) is 56.9 Å². The molecular formula is C18H14Cl3N3O5S3. The summed E-state index contributed by atoms with van der Waals surface area (Å²) in [6.45, 7) is 1.28. The lowest BCUT2D eigenvalue weighted by atomic mass is 10.3.